The van der Waals surface area contributed by atoms with Crippen molar-refractivity contribution < 1.29 is 0 Å². The highest BCUT2D eigenvalue weighted by Gasteiger charge is 2.25. The second kappa shape index (κ2) is 6.05. The van der Waals surface area contributed by atoms with Crippen LogP contribution in [0.5, 0.6) is 0 Å². The molecule has 2 saturated carbocycles. The molecule has 0 aromatic rings. The monoisotopic (exact) mass is 223 g/mol. The molecule has 0 saturated heterocycles. The van der Waals surface area contributed by atoms with Crippen molar-refractivity contribution in [3.63, 3.8) is 0 Å². The molecule has 2 rings (SSSR count). The fourth-order valence-electron chi connectivity index (χ4n) is 3.89. The Labute approximate surface area is 101 Å². The van der Waals surface area contributed by atoms with E-state index in [9.17, 15) is 0 Å². The van der Waals surface area contributed by atoms with Gasteiger partial charge in [0.15, 0.2) is 0 Å². The molecular weight excluding hydrogens is 194 g/mol. The van der Waals surface area contributed by atoms with E-state index >= 15 is 0 Å². The highest BCUT2D eigenvalue weighted by Crippen LogP contribution is 2.37. The van der Waals surface area contributed by atoms with Crippen LogP contribution in [0.4, 0.5) is 0 Å². The van der Waals surface area contributed by atoms with E-state index in [1.54, 1.807) is 0 Å². The van der Waals surface area contributed by atoms with Crippen molar-refractivity contribution in [3.05, 3.63) is 0 Å². The molecule has 94 valence electrons. The number of rotatable bonds is 3. The molecule has 1 nitrogen and oxygen atoms in total. The molecule has 0 aromatic carbocycles. The zero-order chi connectivity index (χ0) is 11.4. The van der Waals surface area contributed by atoms with Crippen LogP contribution in [0.15, 0.2) is 0 Å². The van der Waals surface area contributed by atoms with Gasteiger partial charge in [-0.3, -0.25) is 0 Å². The third-order valence-electron chi connectivity index (χ3n) is 5.03. The van der Waals surface area contributed by atoms with Crippen molar-refractivity contribution in [2.45, 2.75) is 77.2 Å². The Balaban J connectivity index is 1.69. The molecule has 1 heteroatoms. The first-order valence-corrected chi connectivity index (χ1v) is 7.53. The highest BCUT2D eigenvalue weighted by atomic mass is 14.6. The topological polar surface area (TPSA) is 26.0 Å². The molecule has 0 bridgehead atoms. The maximum absolute atomic E-state index is 6.07. The van der Waals surface area contributed by atoms with Crippen LogP contribution in [0.3, 0.4) is 0 Å². The van der Waals surface area contributed by atoms with E-state index in [1.807, 2.05) is 0 Å². The Bertz CT molecular complexity index is 194. The van der Waals surface area contributed by atoms with Gasteiger partial charge in [-0.1, -0.05) is 51.9 Å². The smallest absolute Gasteiger partial charge is 0.00414 e. The molecule has 0 radical (unpaired) electrons. The van der Waals surface area contributed by atoms with E-state index in [1.165, 1.54) is 64.2 Å². The van der Waals surface area contributed by atoms with Gasteiger partial charge < -0.3 is 5.73 Å². The van der Waals surface area contributed by atoms with Gasteiger partial charge in [0, 0.05) is 6.04 Å². The van der Waals surface area contributed by atoms with Crippen molar-refractivity contribution in [2.24, 2.45) is 23.5 Å². The molecule has 2 atom stereocenters. The lowest BCUT2D eigenvalue weighted by Crippen LogP contribution is -2.29. The Hall–Kier alpha value is -0.0400. The zero-order valence-electron chi connectivity index (χ0n) is 11.0. The summed E-state index contributed by atoms with van der Waals surface area (Å²) in [6.45, 7) is 2.35. The molecule has 2 fully saturated rings. The van der Waals surface area contributed by atoms with Gasteiger partial charge in [-0.25, -0.2) is 0 Å². The summed E-state index contributed by atoms with van der Waals surface area (Å²) in [5, 5.41) is 0. The van der Waals surface area contributed by atoms with Crippen molar-refractivity contribution in [3.8, 4) is 0 Å². The number of hydrogen-bond donors (Lipinski definition) is 1. The maximum Gasteiger partial charge on any atom is 0.00414 e. The summed E-state index contributed by atoms with van der Waals surface area (Å²) in [6, 6.07) is 0.519. The Morgan fingerprint density at radius 1 is 0.875 bits per heavy atom. The third-order valence-corrected chi connectivity index (χ3v) is 5.03. The Morgan fingerprint density at radius 2 is 1.56 bits per heavy atom. The van der Waals surface area contributed by atoms with Crippen molar-refractivity contribution >= 4 is 0 Å². The SMILES string of the molecule is CCC1CCC(CC2CCCC(N)C2)CC1. The van der Waals surface area contributed by atoms with E-state index in [2.05, 4.69) is 6.92 Å². The molecule has 0 amide bonds. The lowest BCUT2D eigenvalue weighted by atomic mass is 9.74. The molecule has 2 N–H and O–H groups in total. The molecular formula is C15H29N. The van der Waals surface area contributed by atoms with E-state index in [4.69, 9.17) is 5.73 Å². The van der Waals surface area contributed by atoms with Crippen LogP contribution in [-0.2, 0) is 0 Å². The van der Waals surface area contributed by atoms with Crippen LogP contribution in [0.25, 0.3) is 0 Å². The first-order valence-electron chi connectivity index (χ1n) is 7.53. The minimum absolute atomic E-state index is 0.519. The zero-order valence-corrected chi connectivity index (χ0v) is 11.0. The lowest BCUT2D eigenvalue weighted by molar-refractivity contribution is 0.202. The van der Waals surface area contributed by atoms with Crippen LogP contribution in [0, 0.1) is 17.8 Å². The fourth-order valence-corrected chi connectivity index (χ4v) is 3.89. The van der Waals surface area contributed by atoms with Crippen LogP contribution in [0.2, 0.25) is 0 Å². The van der Waals surface area contributed by atoms with Crippen molar-refractivity contribution in [2.75, 3.05) is 0 Å². The van der Waals surface area contributed by atoms with Gasteiger partial charge in [-0.2, -0.15) is 0 Å². The average Bonchev–Trinajstić information content (AvgIpc) is 2.30. The second-order valence-electron chi connectivity index (χ2n) is 6.32. The summed E-state index contributed by atoms with van der Waals surface area (Å²) in [4.78, 5) is 0. The number of nitrogens with two attached hydrogens (primary N) is 1. The summed E-state index contributed by atoms with van der Waals surface area (Å²) in [5.74, 6) is 3.05. The summed E-state index contributed by atoms with van der Waals surface area (Å²) >= 11 is 0. The van der Waals surface area contributed by atoms with Gasteiger partial charge in [0.1, 0.15) is 0 Å². The van der Waals surface area contributed by atoms with Gasteiger partial charge >= 0.3 is 0 Å². The predicted octanol–water partition coefficient (Wildman–Crippen LogP) is 4.11. The van der Waals surface area contributed by atoms with Crippen LogP contribution in [-0.4, -0.2) is 6.04 Å². The van der Waals surface area contributed by atoms with E-state index in [0.717, 1.165) is 17.8 Å². The summed E-state index contributed by atoms with van der Waals surface area (Å²) in [6.07, 6.45) is 14.3. The molecule has 16 heavy (non-hydrogen) atoms. The molecule has 0 aromatic heterocycles. The van der Waals surface area contributed by atoms with Crippen molar-refractivity contribution in [1.82, 2.24) is 0 Å². The quantitative estimate of drug-likeness (QED) is 0.765. The Morgan fingerprint density at radius 3 is 2.19 bits per heavy atom. The maximum atomic E-state index is 6.07. The largest absolute Gasteiger partial charge is 0.328 e. The van der Waals surface area contributed by atoms with Crippen LogP contribution in [0.1, 0.15) is 71.1 Å². The molecule has 0 spiro atoms. The third kappa shape index (κ3) is 3.48. The van der Waals surface area contributed by atoms with Gasteiger partial charge in [0.25, 0.3) is 0 Å². The molecule has 2 aliphatic carbocycles. The Kier molecular flexibility index (Phi) is 4.69. The minimum atomic E-state index is 0.519. The van der Waals surface area contributed by atoms with Crippen LogP contribution >= 0.6 is 0 Å². The van der Waals surface area contributed by atoms with E-state index in [0.29, 0.717) is 6.04 Å². The van der Waals surface area contributed by atoms with Crippen molar-refractivity contribution in [1.29, 1.82) is 0 Å². The van der Waals surface area contributed by atoms with E-state index < -0.39 is 0 Å². The van der Waals surface area contributed by atoms with Crippen LogP contribution < -0.4 is 5.73 Å². The van der Waals surface area contributed by atoms with Gasteiger partial charge in [0.05, 0.1) is 0 Å². The summed E-state index contributed by atoms with van der Waals surface area (Å²) < 4.78 is 0. The summed E-state index contributed by atoms with van der Waals surface area (Å²) in [7, 11) is 0. The predicted molar refractivity (Wildman–Crippen MR) is 70.3 cm³/mol. The number of hydrogen-bond acceptors (Lipinski definition) is 1. The van der Waals surface area contributed by atoms with Gasteiger partial charge in [-0.05, 0) is 37.0 Å². The lowest BCUT2D eigenvalue weighted by Gasteiger charge is -2.33. The first-order chi connectivity index (χ1) is 7.78. The molecule has 2 unspecified atom stereocenters. The first kappa shape index (κ1) is 12.4. The fraction of sp³-hybridized carbons (Fsp3) is 1.00. The molecule has 0 heterocycles. The standard InChI is InChI=1S/C15H29N/c1-2-12-6-8-13(9-7-12)10-14-4-3-5-15(16)11-14/h12-15H,2-11,16H2,1H3. The highest BCUT2D eigenvalue weighted by molar-refractivity contribution is 4.79. The van der Waals surface area contributed by atoms with E-state index in [-0.39, 0.29) is 0 Å². The normalized spacial score (nSPS) is 40.9. The average molecular weight is 223 g/mol. The van der Waals surface area contributed by atoms with Gasteiger partial charge in [0.2, 0.25) is 0 Å². The molecule has 0 aliphatic heterocycles. The second-order valence-corrected chi connectivity index (χ2v) is 6.32. The molecule has 2 aliphatic rings. The van der Waals surface area contributed by atoms with Gasteiger partial charge in [-0.15, -0.1) is 0 Å². The summed E-state index contributed by atoms with van der Waals surface area (Å²) in [5.41, 5.74) is 6.07. The minimum Gasteiger partial charge on any atom is -0.328 e.